The number of benzene rings is 1. The van der Waals surface area contributed by atoms with Gasteiger partial charge in [0.15, 0.2) is 0 Å². The Labute approximate surface area is 91.6 Å². The Morgan fingerprint density at radius 1 is 1.33 bits per heavy atom. The molecule has 1 aromatic rings. The van der Waals surface area contributed by atoms with Gasteiger partial charge in [0.25, 0.3) is 0 Å². The fraction of sp³-hybridized carbons (Fsp3) is 0.538. The first-order chi connectivity index (χ1) is 7.36. The Kier molecular flexibility index (Phi) is 3.62. The highest BCUT2D eigenvalue weighted by molar-refractivity contribution is 5.20. The van der Waals surface area contributed by atoms with Gasteiger partial charge < -0.3 is 10.1 Å². The summed E-state index contributed by atoms with van der Waals surface area (Å²) in [6, 6.07) is 10.6. The molecule has 1 aromatic carbocycles. The van der Waals surface area contributed by atoms with Crippen molar-refractivity contribution in [3.8, 4) is 5.75 Å². The van der Waals surface area contributed by atoms with Crippen LogP contribution in [0.15, 0.2) is 30.3 Å². The molecule has 0 bridgehead atoms. The lowest BCUT2D eigenvalue weighted by Crippen LogP contribution is -2.31. The number of para-hydroxylation sites is 1. The molecule has 1 N–H and O–H groups in total. The maximum Gasteiger partial charge on any atom is 0.119 e. The van der Waals surface area contributed by atoms with Gasteiger partial charge in [0.05, 0.1) is 0 Å². The van der Waals surface area contributed by atoms with Crippen LogP contribution in [0.25, 0.3) is 0 Å². The Bertz CT molecular complexity index is 282. The van der Waals surface area contributed by atoms with Crippen LogP contribution in [0.2, 0.25) is 0 Å². The summed E-state index contributed by atoms with van der Waals surface area (Å²) in [4.78, 5) is 0. The minimum atomic E-state index is 0.657. The first-order valence-corrected chi connectivity index (χ1v) is 5.77. The third kappa shape index (κ3) is 3.56. The molecular formula is C13H19NO. The van der Waals surface area contributed by atoms with E-state index >= 15 is 0 Å². The lowest BCUT2D eigenvalue weighted by Gasteiger charge is -2.12. The molecule has 2 rings (SSSR count). The van der Waals surface area contributed by atoms with Crippen molar-refractivity contribution in [1.82, 2.24) is 5.32 Å². The zero-order valence-electron chi connectivity index (χ0n) is 9.28. The Hall–Kier alpha value is -1.02. The van der Waals surface area contributed by atoms with E-state index < -0.39 is 0 Å². The van der Waals surface area contributed by atoms with Crippen LogP contribution < -0.4 is 10.1 Å². The van der Waals surface area contributed by atoms with Crippen molar-refractivity contribution in [2.75, 3.05) is 13.2 Å². The minimum Gasteiger partial charge on any atom is -0.492 e. The molecule has 0 aromatic heterocycles. The zero-order valence-corrected chi connectivity index (χ0v) is 9.28. The summed E-state index contributed by atoms with van der Waals surface area (Å²) in [6.07, 6.45) is 2.79. The van der Waals surface area contributed by atoms with Crippen molar-refractivity contribution in [3.05, 3.63) is 30.3 Å². The van der Waals surface area contributed by atoms with E-state index in [-0.39, 0.29) is 0 Å². The van der Waals surface area contributed by atoms with Gasteiger partial charge in [-0.3, -0.25) is 0 Å². The summed E-state index contributed by atoms with van der Waals surface area (Å²) < 4.78 is 5.59. The second-order valence-electron chi connectivity index (χ2n) is 4.24. The van der Waals surface area contributed by atoms with Crippen LogP contribution in [-0.4, -0.2) is 19.2 Å². The smallest absolute Gasteiger partial charge is 0.119 e. The van der Waals surface area contributed by atoms with Gasteiger partial charge >= 0.3 is 0 Å². The van der Waals surface area contributed by atoms with Crippen molar-refractivity contribution in [2.45, 2.75) is 25.8 Å². The third-order valence-electron chi connectivity index (χ3n) is 2.91. The molecule has 82 valence electrons. The van der Waals surface area contributed by atoms with Gasteiger partial charge in [0, 0.05) is 12.6 Å². The Balaban J connectivity index is 1.58. The van der Waals surface area contributed by atoms with E-state index in [4.69, 9.17) is 4.74 Å². The number of nitrogens with one attached hydrogen (secondary N) is 1. The van der Waals surface area contributed by atoms with Crippen LogP contribution in [0, 0.1) is 5.92 Å². The van der Waals surface area contributed by atoms with E-state index in [1.165, 1.54) is 12.8 Å². The van der Waals surface area contributed by atoms with E-state index in [2.05, 4.69) is 12.2 Å². The molecule has 0 radical (unpaired) electrons. The van der Waals surface area contributed by atoms with Gasteiger partial charge in [-0.25, -0.2) is 0 Å². The van der Waals surface area contributed by atoms with E-state index in [9.17, 15) is 0 Å². The normalized spacial score (nSPS) is 17.4. The first kappa shape index (κ1) is 10.5. The van der Waals surface area contributed by atoms with Gasteiger partial charge in [-0.1, -0.05) is 18.2 Å². The molecule has 1 fully saturated rings. The fourth-order valence-electron chi connectivity index (χ4n) is 1.74. The quantitative estimate of drug-likeness (QED) is 0.720. The van der Waals surface area contributed by atoms with Gasteiger partial charge in [0.2, 0.25) is 0 Å². The lowest BCUT2D eigenvalue weighted by molar-refractivity contribution is 0.303. The van der Waals surface area contributed by atoms with E-state index in [1.807, 2.05) is 30.3 Å². The summed E-state index contributed by atoms with van der Waals surface area (Å²) in [5.41, 5.74) is 0. The summed E-state index contributed by atoms with van der Waals surface area (Å²) in [7, 11) is 0. The largest absolute Gasteiger partial charge is 0.492 e. The number of hydrogen-bond donors (Lipinski definition) is 1. The monoisotopic (exact) mass is 205 g/mol. The van der Waals surface area contributed by atoms with Crippen LogP contribution in [-0.2, 0) is 0 Å². The molecule has 2 nitrogen and oxygen atoms in total. The van der Waals surface area contributed by atoms with Crippen molar-refractivity contribution < 1.29 is 4.74 Å². The molecule has 0 spiro atoms. The second-order valence-corrected chi connectivity index (χ2v) is 4.24. The van der Waals surface area contributed by atoms with Crippen molar-refractivity contribution in [3.63, 3.8) is 0 Å². The van der Waals surface area contributed by atoms with Crippen LogP contribution >= 0.6 is 0 Å². The maximum atomic E-state index is 5.59. The van der Waals surface area contributed by atoms with Gasteiger partial charge in [-0.15, -0.1) is 0 Å². The summed E-state index contributed by atoms with van der Waals surface area (Å²) >= 11 is 0. The van der Waals surface area contributed by atoms with Crippen LogP contribution in [0.1, 0.15) is 19.8 Å². The maximum absolute atomic E-state index is 5.59. The second kappa shape index (κ2) is 5.17. The molecule has 0 heterocycles. The third-order valence-corrected chi connectivity index (χ3v) is 2.91. The molecule has 1 atom stereocenters. The molecular weight excluding hydrogens is 186 g/mol. The van der Waals surface area contributed by atoms with Crippen LogP contribution in [0.4, 0.5) is 0 Å². The fourth-order valence-corrected chi connectivity index (χ4v) is 1.74. The topological polar surface area (TPSA) is 21.3 Å². The van der Waals surface area contributed by atoms with E-state index in [0.29, 0.717) is 6.04 Å². The molecule has 2 heteroatoms. The van der Waals surface area contributed by atoms with Crippen molar-refractivity contribution >= 4 is 0 Å². The van der Waals surface area contributed by atoms with Gasteiger partial charge in [0.1, 0.15) is 12.4 Å². The molecule has 0 saturated heterocycles. The molecule has 0 unspecified atom stereocenters. The van der Waals surface area contributed by atoms with Crippen LogP contribution in [0.5, 0.6) is 5.75 Å². The van der Waals surface area contributed by atoms with Gasteiger partial charge in [-0.05, 0) is 37.8 Å². The van der Waals surface area contributed by atoms with E-state index in [0.717, 1.165) is 24.8 Å². The van der Waals surface area contributed by atoms with Gasteiger partial charge in [-0.2, -0.15) is 0 Å². The van der Waals surface area contributed by atoms with Crippen LogP contribution in [0.3, 0.4) is 0 Å². The number of rotatable bonds is 6. The molecule has 1 aliphatic carbocycles. The highest BCUT2D eigenvalue weighted by Crippen LogP contribution is 2.32. The first-order valence-electron chi connectivity index (χ1n) is 5.77. The zero-order chi connectivity index (χ0) is 10.5. The predicted octanol–water partition coefficient (Wildman–Crippen LogP) is 2.45. The Morgan fingerprint density at radius 2 is 2.07 bits per heavy atom. The standard InChI is InChI=1S/C13H19NO/c1-11(12-7-8-12)14-9-10-15-13-5-3-2-4-6-13/h2-6,11-12,14H,7-10H2,1H3/t11-/m0/s1. The molecule has 15 heavy (non-hydrogen) atoms. The van der Waals surface area contributed by atoms with Crippen molar-refractivity contribution in [2.24, 2.45) is 5.92 Å². The van der Waals surface area contributed by atoms with Crippen molar-refractivity contribution in [1.29, 1.82) is 0 Å². The SMILES string of the molecule is C[C@H](NCCOc1ccccc1)C1CC1. The highest BCUT2D eigenvalue weighted by atomic mass is 16.5. The van der Waals surface area contributed by atoms with E-state index in [1.54, 1.807) is 0 Å². The summed E-state index contributed by atoms with van der Waals surface area (Å²) in [5.74, 6) is 1.88. The minimum absolute atomic E-state index is 0.657. The molecule has 1 saturated carbocycles. The highest BCUT2D eigenvalue weighted by Gasteiger charge is 2.27. The molecule has 0 aliphatic heterocycles. The number of ether oxygens (including phenoxy) is 1. The summed E-state index contributed by atoms with van der Waals surface area (Å²) in [6.45, 7) is 3.95. The molecule has 1 aliphatic rings. The number of hydrogen-bond acceptors (Lipinski definition) is 2. The molecule has 0 amide bonds. The predicted molar refractivity (Wildman–Crippen MR) is 62.1 cm³/mol. The average Bonchev–Trinajstić information content (AvgIpc) is 3.09. The average molecular weight is 205 g/mol. The lowest BCUT2D eigenvalue weighted by atomic mass is 10.2. The Morgan fingerprint density at radius 3 is 2.73 bits per heavy atom. The summed E-state index contributed by atoms with van der Waals surface area (Å²) in [5, 5.41) is 3.49.